The summed E-state index contributed by atoms with van der Waals surface area (Å²) in [4.78, 5) is 0. The van der Waals surface area contributed by atoms with E-state index in [4.69, 9.17) is 0 Å². The van der Waals surface area contributed by atoms with Crippen molar-refractivity contribution in [2.45, 2.75) is 46.6 Å². The predicted octanol–water partition coefficient (Wildman–Crippen LogP) is 4.32. The minimum Gasteiger partial charge on any atom is -0.376 e. The van der Waals surface area contributed by atoms with Crippen LogP contribution in [0.5, 0.6) is 0 Å². The Morgan fingerprint density at radius 1 is 1.00 bits per heavy atom. The molecule has 0 saturated carbocycles. The average molecular weight is 257 g/mol. The summed E-state index contributed by atoms with van der Waals surface area (Å²) in [6.07, 6.45) is 0. The molecular weight excluding hydrogens is 234 g/mol. The van der Waals surface area contributed by atoms with Gasteiger partial charge in [0.2, 0.25) is 0 Å². The third kappa shape index (κ3) is 2.98. The van der Waals surface area contributed by atoms with Crippen LogP contribution in [-0.4, -0.2) is 10.2 Å². The molecule has 1 aromatic carbocycles. The van der Waals surface area contributed by atoms with Crippen molar-refractivity contribution in [2.24, 2.45) is 0 Å². The minimum atomic E-state index is 0.274. The summed E-state index contributed by atoms with van der Waals surface area (Å²) in [6, 6.07) is 9.12. The first kappa shape index (κ1) is 13.7. The molecule has 0 aliphatic rings. The van der Waals surface area contributed by atoms with Gasteiger partial charge in [-0.1, -0.05) is 38.1 Å². The summed E-state index contributed by atoms with van der Waals surface area (Å²) in [5.74, 6) is 0.579. The zero-order chi connectivity index (χ0) is 14.0. The van der Waals surface area contributed by atoms with E-state index in [1.807, 2.05) is 13.8 Å². The monoisotopic (exact) mass is 257 g/mol. The van der Waals surface area contributed by atoms with E-state index in [1.165, 1.54) is 11.1 Å². The Labute approximate surface area is 115 Å². The SMILES string of the molecule is Cc1n[nH]c(C)c1NC(C)c1ccc(C(C)C)cc1. The third-order valence-corrected chi connectivity index (χ3v) is 3.59. The smallest absolute Gasteiger partial charge is 0.0825 e. The van der Waals surface area contributed by atoms with Crippen molar-refractivity contribution in [3.8, 4) is 0 Å². The van der Waals surface area contributed by atoms with Gasteiger partial charge in [0.05, 0.1) is 17.1 Å². The number of rotatable bonds is 4. The molecule has 3 heteroatoms. The van der Waals surface area contributed by atoms with Crippen molar-refractivity contribution in [2.75, 3.05) is 5.32 Å². The van der Waals surface area contributed by atoms with Crippen molar-refractivity contribution in [3.05, 3.63) is 46.8 Å². The maximum Gasteiger partial charge on any atom is 0.0825 e. The van der Waals surface area contributed by atoms with Gasteiger partial charge in [0.25, 0.3) is 0 Å². The number of anilines is 1. The molecule has 102 valence electrons. The number of H-pyrrole nitrogens is 1. The predicted molar refractivity (Wildman–Crippen MR) is 80.6 cm³/mol. The van der Waals surface area contributed by atoms with Gasteiger partial charge in [-0.2, -0.15) is 5.10 Å². The first-order chi connectivity index (χ1) is 8.99. The van der Waals surface area contributed by atoms with Crippen molar-refractivity contribution in [1.29, 1.82) is 0 Å². The lowest BCUT2D eigenvalue weighted by molar-refractivity contribution is 0.851. The topological polar surface area (TPSA) is 40.7 Å². The van der Waals surface area contributed by atoms with Gasteiger partial charge in [-0.25, -0.2) is 0 Å². The highest BCUT2D eigenvalue weighted by atomic mass is 15.2. The van der Waals surface area contributed by atoms with Crippen LogP contribution >= 0.6 is 0 Å². The van der Waals surface area contributed by atoms with Gasteiger partial charge >= 0.3 is 0 Å². The maximum atomic E-state index is 4.21. The molecule has 1 unspecified atom stereocenters. The molecule has 0 bridgehead atoms. The fourth-order valence-electron chi connectivity index (χ4n) is 2.23. The maximum absolute atomic E-state index is 4.21. The lowest BCUT2D eigenvalue weighted by atomic mass is 9.99. The summed E-state index contributed by atoms with van der Waals surface area (Å²) < 4.78 is 0. The van der Waals surface area contributed by atoms with Crippen LogP contribution in [0.3, 0.4) is 0 Å². The first-order valence-electron chi connectivity index (χ1n) is 6.87. The van der Waals surface area contributed by atoms with E-state index in [-0.39, 0.29) is 6.04 Å². The van der Waals surface area contributed by atoms with E-state index in [0.717, 1.165) is 17.1 Å². The van der Waals surface area contributed by atoms with Gasteiger partial charge < -0.3 is 5.32 Å². The standard InChI is InChI=1S/C16H23N3/c1-10(2)14-6-8-15(9-7-14)11(3)17-16-12(4)18-19-13(16)5/h6-11,17H,1-5H3,(H,18,19). The fraction of sp³-hybridized carbons (Fsp3) is 0.438. The second-order valence-electron chi connectivity index (χ2n) is 5.50. The van der Waals surface area contributed by atoms with Crippen molar-refractivity contribution < 1.29 is 0 Å². The van der Waals surface area contributed by atoms with E-state index in [2.05, 4.69) is 60.6 Å². The Kier molecular flexibility index (Phi) is 3.93. The van der Waals surface area contributed by atoms with Crippen molar-refractivity contribution in [1.82, 2.24) is 10.2 Å². The number of hydrogen-bond acceptors (Lipinski definition) is 2. The second-order valence-corrected chi connectivity index (χ2v) is 5.50. The fourth-order valence-corrected chi connectivity index (χ4v) is 2.23. The van der Waals surface area contributed by atoms with E-state index >= 15 is 0 Å². The highest BCUT2D eigenvalue weighted by Gasteiger charge is 2.11. The molecule has 0 spiro atoms. The van der Waals surface area contributed by atoms with Gasteiger partial charge in [-0.15, -0.1) is 0 Å². The lowest BCUT2D eigenvalue weighted by Gasteiger charge is -2.17. The summed E-state index contributed by atoms with van der Waals surface area (Å²) >= 11 is 0. The number of nitrogens with one attached hydrogen (secondary N) is 2. The second kappa shape index (κ2) is 5.47. The molecule has 2 aromatic rings. The van der Waals surface area contributed by atoms with Gasteiger partial charge in [-0.05, 0) is 37.8 Å². The summed E-state index contributed by atoms with van der Waals surface area (Å²) in [6.45, 7) is 10.7. The lowest BCUT2D eigenvalue weighted by Crippen LogP contribution is -2.08. The van der Waals surface area contributed by atoms with Gasteiger partial charge in [0.1, 0.15) is 0 Å². The Morgan fingerprint density at radius 2 is 1.58 bits per heavy atom. The molecule has 2 N–H and O–H groups in total. The number of nitrogens with zero attached hydrogens (tertiary/aromatic N) is 1. The molecule has 1 aromatic heterocycles. The van der Waals surface area contributed by atoms with E-state index in [1.54, 1.807) is 0 Å². The average Bonchev–Trinajstić information content (AvgIpc) is 2.70. The van der Waals surface area contributed by atoms with Crippen LogP contribution in [0.25, 0.3) is 0 Å². The van der Waals surface area contributed by atoms with Crippen molar-refractivity contribution >= 4 is 5.69 Å². The van der Waals surface area contributed by atoms with Crippen LogP contribution in [-0.2, 0) is 0 Å². The van der Waals surface area contributed by atoms with Crippen LogP contribution < -0.4 is 5.32 Å². The van der Waals surface area contributed by atoms with Crippen LogP contribution in [0, 0.1) is 13.8 Å². The molecular formula is C16H23N3. The van der Waals surface area contributed by atoms with Crippen LogP contribution in [0.4, 0.5) is 5.69 Å². The van der Waals surface area contributed by atoms with Gasteiger partial charge in [-0.3, -0.25) is 5.10 Å². The Balaban J connectivity index is 2.14. The summed E-state index contributed by atoms with van der Waals surface area (Å²) in [5.41, 5.74) is 5.89. The molecule has 2 rings (SSSR count). The molecule has 1 atom stereocenters. The first-order valence-corrected chi connectivity index (χ1v) is 6.87. The molecule has 19 heavy (non-hydrogen) atoms. The van der Waals surface area contributed by atoms with Crippen LogP contribution in [0.1, 0.15) is 55.2 Å². The minimum absolute atomic E-state index is 0.274. The third-order valence-electron chi connectivity index (χ3n) is 3.59. The van der Waals surface area contributed by atoms with Crippen molar-refractivity contribution in [3.63, 3.8) is 0 Å². The van der Waals surface area contributed by atoms with Gasteiger partial charge in [0.15, 0.2) is 0 Å². The molecule has 0 aliphatic carbocycles. The molecule has 1 heterocycles. The summed E-state index contributed by atoms with van der Waals surface area (Å²) in [7, 11) is 0. The normalized spacial score (nSPS) is 12.7. The number of benzene rings is 1. The zero-order valence-corrected chi connectivity index (χ0v) is 12.4. The van der Waals surface area contributed by atoms with Crippen LogP contribution in [0.2, 0.25) is 0 Å². The Hall–Kier alpha value is -1.77. The molecule has 0 amide bonds. The highest BCUT2D eigenvalue weighted by molar-refractivity contribution is 5.53. The molecule has 0 fully saturated rings. The van der Waals surface area contributed by atoms with E-state index in [0.29, 0.717) is 5.92 Å². The highest BCUT2D eigenvalue weighted by Crippen LogP contribution is 2.24. The zero-order valence-electron chi connectivity index (χ0n) is 12.4. The van der Waals surface area contributed by atoms with E-state index in [9.17, 15) is 0 Å². The summed E-state index contributed by atoms with van der Waals surface area (Å²) in [5, 5.41) is 10.7. The Morgan fingerprint density at radius 3 is 2.05 bits per heavy atom. The number of aromatic nitrogens is 2. The molecule has 0 saturated heterocycles. The molecule has 0 radical (unpaired) electrons. The number of hydrogen-bond donors (Lipinski definition) is 2. The largest absolute Gasteiger partial charge is 0.376 e. The quantitative estimate of drug-likeness (QED) is 0.856. The molecule has 0 aliphatic heterocycles. The number of aromatic amines is 1. The number of aryl methyl sites for hydroxylation is 2. The van der Waals surface area contributed by atoms with E-state index < -0.39 is 0 Å². The van der Waals surface area contributed by atoms with Gasteiger partial charge in [0, 0.05) is 6.04 Å². The van der Waals surface area contributed by atoms with Crippen LogP contribution in [0.15, 0.2) is 24.3 Å². The molecule has 3 nitrogen and oxygen atoms in total. The Bertz CT molecular complexity index is 518.